The highest BCUT2D eigenvalue weighted by molar-refractivity contribution is 14.1. The zero-order valence-corrected chi connectivity index (χ0v) is 14.2. The Labute approximate surface area is 138 Å². The highest BCUT2D eigenvalue weighted by atomic mass is 127. The highest BCUT2D eigenvalue weighted by Gasteiger charge is 2.10. The molecule has 1 N–H and O–H groups in total. The Kier molecular flexibility index (Phi) is 5.50. The summed E-state index contributed by atoms with van der Waals surface area (Å²) in [5.41, 5.74) is 5.15. The van der Waals surface area contributed by atoms with Gasteiger partial charge in [-0.3, -0.25) is 4.79 Å². The molecular weight excluding hydrogens is 375 g/mol. The molecule has 4 heteroatoms. The van der Waals surface area contributed by atoms with Crippen LogP contribution < -0.4 is 5.43 Å². The van der Waals surface area contributed by atoms with Gasteiger partial charge in [0.05, 0.1) is 5.71 Å². The number of halogens is 1. The summed E-state index contributed by atoms with van der Waals surface area (Å²) in [6.45, 7) is 4.12. The number of nitrogens with zero attached hydrogens (tertiary/aromatic N) is 1. The lowest BCUT2D eigenvalue weighted by Crippen LogP contribution is -2.22. The minimum atomic E-state index is -0.194. The summed E-state index contributed by atoms with van der Waals surface area (Å²) in [7, 11) is 0. The van der Waals surface area contributed by atoms with E-state index in [1.54, 1.807) is 12.1 Å². The molecule has 0 heterocycles. The SMILES string of the molecule is CC(C)/C(=N/NC(=O)c1ccc(I)cc1)c1ccccc1. The molecule has 0 radical (unpaired) electrons. The van der Waals surface area contributed by atoms with Crippen LogP contribution in [0.5, 0.6) is 0 Å². The first-order valence-corrected chi connectivity index (χ1v) is 7.84. The second-order valence-corrected chi connectivity index (χ2v) is 6.21. The van der Waals surface area contributed by atoms with Gasteiger partial charge in [0.2, 0.25) is 0 Å². The topological polar surface area (TPSA) is 41.5 Å². The van der Waals surface area contributed by atoms with Crippen molar-refractivity contribution >= 4 is 34.2 Å². The zero-order valence-electron chi connectivity index (χ0n) is 12.0. The molecule has 0 aliphatic heterocycles. The van der Waals surface area contributed by atoms with E-state index in [4.69, 9.17) is 0 Å². The zero-order chi connectivity index (χ0) is 15.2. The molecule has 0 unspecified atom stereocenters. The van der Waals surface area contributed by atoms with Gasteiger partial charge in [0.15, 0.2) is 0 Å². The summed E-state index contributed by atoms with van der Waals surface area (Å²) in [5, 5.41) is 4.31. The number of carbonyl (C=O) groups is 1. The lowest BCUT2D eigenvalue weighted by Gasteiger charge is -2.10. The summed E-state index contributed by atoms with van der Waals surface area (Å²) in [6.07, 6.45) is 0. The molecule has 0 spiro atoms. The van der Waals surface area contributed by atoms with Crippen molar-refractivity contribution in [1.82, 2.24) is 5.43 Å². The molecule has 1 amide bonds. The van der Waals surface area contributed by atoms with Crippen molar-refractivity contribution in [3.05, 3.63) is 69.3 Å². The van der Waals surface area contributed by atoms with E-state index in [9.17, 15) is 4.79 Å². The maximum atomic E-state index is 12.1. The van der Waals surface area contributed by atoms with Crippen LogP contribution in [-0.2, 0) is 0 Å². The molecular formula is C17H17IN2O. The smallest absolute Gasteiger partial charge is 0.267 e. The molecule has 0 saturated heterocycles. The Morgan fingerprint density at radius 2 is 1.62 bits per heavy atom. The Bertz CT molecular complexity index is 634. The predicted molar refractivity (Wildman–Crippen MR) is 94.4 cm³/mol. The van der Waals surface area contributed by atoms with Crippen molar-refractivity contribution in [2.75, 3.05) is 0 Å². The van der Waals surface area contributed by atoms with Crippen molar-refractivity contribution in [2.45, 2.75) is 13.8 Å². The van der Waals surface area contributed by atoms with Crippen molar-refractivity contribution in [3.63, 3.8) is 0 Å². The van der Waals surface area contributed by atoms with Crippen LogP contribution in [0.1, 0.15) is 29.8 Å². The van der Waals surface area contributed by atoms with Crippen molar-refractivity contribution in [2.24, 2.45) is 11.0 Å². The van der Waals surface area contributed by atoms with Gasteiger partial charge >= 0.3 is 0 Å². The van der Waals surface area contributed by atoms with E-state index in [-0.39, 0.29) is 11.8 Å². The van der Waals surface area contributed by atoms with Crippen LogP contribution in [0.3, 0.4) is 0 Å². The molecule has 0 aliphatic carbocycles. The van der Waals surface area contributed by atoms with Crippen LogP contribution in [0.2, 0.25) is 0 Å². The summed E-state index contributed by atoms with van der Waals surface area (Å²) in [5.74, 6) is 0.0323. The molecule has 0 atom stereocenters. The second-order valence-electron chi connectivity index (χ2n) is 4.97. The number of carbonyl (C=O) groups excluding carboxylic acids is 1. The maximum absolute atomic E-state index is 12.1. The van der Waals surface area contributed by atoms with Gasteiger partial charge in [-0.1, -0.05) is 44.2 Å². The Hall–Kier alpha value is -1.69. The number of nitrogens with one attached hydrogen (secondary N) is 1. The molecule has 3 nitrogen and oxygen atoms in total. The molecule has 2 rings (SSSR count). The van der Waals surface area contributed by atoms with Gasteiger partial charge in [-0.2, -0.15) is 5.10 Å². The number of hydrogen-bond donors (Lipinski definition) is 1. The Morgan fingerprint density at radius 1 is 1.00 bits per heavy atom. The van der Waals surface area contributed by atoms with E-state index in [1.807, 2.05) is 42.5 Å². The van der Waals surface area contributed by atoms with E-state index in [2.05, 4.69) is 47.0 Å². The standard InChI is InChI=1S/C17H17IN2O/c1-12(2)16(13-6-4-3-5-7-13)19-20-17(21)14-8-10-15(18)11-9-14/h3-12H,1-2H3,(H,20,21)/b19-16-. The molecule has 21 heavy (non-hydrogen) atoms. The number of hydrazone groups is 1. The van der Waals surface area contributed by atoms with Gasteiger partial charge in [0, 0.05) is 9.13 Å². The van der Waals surface area contributed by atoms with E-state index in [1.165, 1.54) is 0 Å². The lowest BCUT2D eigenvalue weighted by atomic mass is 10.0. The molecule has 0 aliphatic rings. The maximum Gasteiger partial charge on any atom is 0.271 e. The number of hydrogen-bond acceptors (Lipinski definition) is 2. The first-order valence-electron chi connectivity index (χ1n) is 6.77. The monoisotopic (exact) mass is 392 g/mol. The minimum absolute atomic E-state index is 0.194. The van der Waals surface area contributed by atoms with Gasteiger partial charge in [-0.15, -0.1) is 0 Å². The summed E-state index contributed by atoms with van der Waals surface area (Å²) in [6, 6.07) is 17.3. The molecule has 0 bridgehead atoms. The van der Waals surface area contributed by atoms with Crippen LogP contribution >= 0.6 is 22.6 Å². The third kappa shape index (κ3) is 4.39. The third-order valence-corrected chi connectivity index (χ3v) is 3.72. The van der Waals surface area contributed by atoms with E-state index < -0.39 is 0 Å². The fourth-order valence-electron chi connectivity index (χ4n) is 1.91. The highest BCUT2D eigenvalue weighted by Crippen LogP contribution is 2.10. The van der Waals surface area contributed by atoms with Gasteiger partial charge in [-0.25, -0.2) is 5.43 Å². The lowest BCUT2D eigenvalue weighted by molar-refractivity contribution is 0.0954. The van der Waals surface area contributed by atoms with Crippen molar-refractivity contribution in [1.29, 1.82) is 0 Å². The fourth-order valence-corrected chi connectivity index (χ4v) is 2.27. The molecule has 108 valence electrons. The van der Waals surface area contributed by atoms with E-state index in [0.717, 1.165) is 14.8 Å². The number of amides is 1. The molecule has 2 aromatic carbocycles. The van der Waals surface area contributed by atoms with Crippen LogP contribution in [0.25, 0.3) is 0 Å². The van der Waals surface area contributed by atoms with Crippen molar-refractivity contribution in [3.8, 4) is 0 Å². The Morgan fingerprint density at radius 3 is 2.19 bits per heavy atom. The Balaban J connectivity index is 2.17. The average molecular weight is 392 g/mol. The summed E-state index contributed by atoms with van der Waals surface area (Å²) >= 11 is 2.21. The quantitative estimate of drug-likeness (QED) is 0.476. The summed E-state index contributed by atoms with van der Waals surface area (Å²) in [4.78, 5) is 12.1. The van der Waals surface area contributed by atoms with Gasteiger partial charge in [0.25, 0.3) is 5.91 Å². The van der Waals surface area contributed by atoms with Crippen LogP contribution in [0.4, 0.5) is 0 Å². The number of rotatable bonds is 4. The van der Waals surface area contributed by atoms with Gasteiger partial charge in [-0.05, 0) is 58.3 Å². The van der Waals surface area contributed by atoms with E-state index in [0.29, 0.717) is 5.56 Å². The van der Waals surface area contributed by atoms with Crippen LogP contribution in [-0.4, -0.2) is 11.6 Å². The first kappa shape index (κ1) is 15.7. The van der Waals surface area contributed by atoms with Crippen molar-refractivity contribution < 1.29 is 4.79 Å². The van der Waals surface area contributed by atoms with E-state index >= 15 is 0 Å². The largest absolute Gasteiger partial charge is 0.271 e. The minimum Gasteiger partial charge on any atom is -0.267 e. The molecule has 0 saturated carbocycles. The van der Waals surface area contributed by atoms with Crippen LogP contribution in [0.15, 0.2) is 59.7 Å². The second kappa shape index (κ2) is 7.36. The van der Waals surface area contributed by atoms with Crippen LogP contribution in [0, 0.1) is 9.49 Å². The van der Waals surface area contributed by atoms with Gasteiger partial charge in [0.1, 0.15) is 0 Å². The first-order chi connectivity index (χ1) is 10.1. The summed E-state index contributed by atoms with van der Waals surface area (Å²) < 4.78 is 1.10. The average Bonchev–Trinajstić information content (AvgIpc) is 2.48. The predicted octanol–water partition coefficient (Wildman–Crippen LogP) is 4.08. The molecule has 0 aromatic heterocycles. The molecule has 2 aromatic rings. The number of benzene rings is 2. The fraction of sp³-hybridized carbons (Fsp3) is 0.176. The third-order valence-electron chi connectivity index (χ3n) is 3.00. The molecule has 0 fully saturated rings. The normalized spacial score (nSPS) is 11.5. The van der Waals surface area contributed by atoms with Gasteiger partial charge < -0.3 is 0 Å².